The van der Waals surface area contributed by atoms with Gasteiger partial charge >= 0.3 is 0 Å². The molecule has 0 aromatic rings. The molecular weight excluding hydrogens is 152 g/mol. The fourth-order valence-corrected chi connectivity index (χ4v) is 1.39. The summed E-state index contributed by atoms with van der Waals surface area (Å²) in [5.74, 6) is 0. The van der Waals surface area contributed by atoms with Gasteiger partial charge in [0, 0.05) is 25.2 Å². The molecular formula is C9H20N2O. The summed E-state index contributed by atoms with van der Waals surface area (Å²) in [7, 11) is 4.18. The highest BCUT2D eigenvalue weighted by molar-refractivity contribution is 4.86. The molecule has 0 radical (unpaired) electrons. The predicted octanol–water partition coefficient (Wildman–Crippen LogP) is 0.317. The SMILES string of the molecule is CN(C)CCNC1(C)CCOC1. The van der Waals surface area contributed by atoms with E-state index >= 15 is 0 Å². The topological polar surface area (TPSA) is 24.5 Å². The second kappa shape index (κ2) is 4.21. The average molecular weight is 172 g/mol. The molecule has 3 heteroatoms. The molecule has 72 valence electrons. The number of nitrogens with one attached hydrogen (secondary N) is 1. The van der Waals surface area contributed by atoms with E-state index in [0.29, 0.717) is 0 Å². The van der Waals surface area contributed by atoms with Crippen LogP contribution in [0.15, 0.2) is 0 Å². The molecule has 1 rings (SSSR count). The molecule has 1 heterocycles. The summed E-state index contributed by atoms with van der Waals surface area (Å²) in [6, 6.07) is 0. The summed E-state index contributed by atoms with van der Waals surface area (Å²) in [6.45, 7) is 6.14. The Morgan fingerprint density at radius 3 is 2.75 bits per heavy atom. The van der Waals surface area contributed by atoms with Crippen LogP contribution < -0.4 is 5.32 Å². The fraction of sp³-hybridized carbons (Fsp3) is 1.00. The molecule has 0 aromatic carbocycles. The van der Waals surface area contributed by atoms with Crippen LogP contribution in [0.25, 0.3) is 0 Å². The van der Waals surface area contributed by atoms with E-state index in [1.54, 1.807) is 0 Å². The molecule has 1 fully saturated rings. The lowest BCUT2D eigenvalue weighted by atomic mass is 10.0. The number of hydrogen-bond acceptors (Lipinski definition) is 3. The van der Waals surface area contributed by atoms with E-state index in [0.717, 1.165) is 32.7 Å². The number of likely N-dealkylation sites (N-methyl/N-ethyl adjacent to an activating group) is 1. The molecule has 12 heavy (non-hydrogen) atoms. The Kier molecular flexibility index (Phi) is 3.50. The molecule has 0 aromatic heterocycles. The highest BCUT2D eigenvalue weighted by atomic mass is 16.5. The van der Waals surface area contributed by atoms with Crippen LogP contribution in [0.2, 0.25) is 0 Å². The minimum Gasteiger partial charge on any atom is -0.379 e. The van der Waals surface area contributed by atoms with Gasteiger partial charge in [-0.1, -0.05) is 0 Å². The average Bonchev–Trinajstić information content (AvgIpc) is 2.35. The number of ether oxygens (including phenoxy) is 1. The van der Waals surface area contributed by atoms with Crippen molar-refractivity contribution in [2.75, 3.05) is 40.4 Å². The Labute approximate surface area is 75.1 Å². The summed E-state index contributed by atoms with van der Waals surface area (Å²) in [5.41, 5.74) is 0.232. The maximum Gasteiger partial charge on any atom is 0.0646 e. The maximum atomic E-state index is 5.34. The van der Waals surface area contributed by atoms with Gasteiger partial charge in [-0.2, -0.15) is 0 Å². The van der Waals surface area contributed by atoms with Gasteiger partial charge in [0.2, 0.25) is 0 Å². The monoisotopic (exact) mass is 172 g/mol. The molecule has 1 atom stereocenters. The van der Waals surface area contributed by atoms with Crippen LogP contribution in [-0.2, 0) is 4.74 Å². The minimum absolute atomic E-state index is 0.232. The van der Waals surface area contributed by atoms with Gasteiger partial charge in [-0.15, -0.1) is 0 Å². The third kappa shape index (κ3) is 3.09. The smallest absolute Gasteiger partial charge is 0.0646 e. The van der Waals surface area contributed by atoms with E-state index in [9.17, 15) is 0 Å². The van der Waals surface area contributed by atoms with Gasteiger partial charge < -0.3 is 15.0 Å². The van der Waals surface area contributed by atoms with E-state index in [1.165, 1.54) is 0 Å². The second-order valence-electron chi connectivity index (χ2n) is 4.09. The zero-order valence-corrected chi connectivity index (χ0v) is 8.39. The number of hydrogen-bond donors (Lipinski definition) is 1. The van der Waals surface area contributed by atoms with Crippen molar-refractivity contribution < 1.29 is 4.74 Å². The molecule has 1 N–H and O–H groups in total. The first-order valence-electron chi connectivity index (χ1n) is 4.60. The lowest BCUT2D eigenvalue weighted by Crippen LogP contribution is -2.45. The van der Waals surface area contributed by atoms with Crippen molar-refractivity contribution in [2.45, 2.75) is 18.9 Å². The highest BCUT2D eigenvalue weighted by Gasteiger charge is 2.28. The van der Waals surface area contributed by atoms with Crippen LogP contribution in [-0.4, -0.2) is 50.8 Å². The zero-order chi connectivity index (χ0) is 9.03. The molecule has 1 saturated heterocycles. The van der Waals surface area contributed by atoms with Gasteiger partial charge in [-0.3, -0.25) is 0 Å². The summed E-state index contributed by atoms with van der Waals surface area (Å²) in [6.07, 6.45) is 1.14. The number of nitrogens with zero attached hydrogens (tertiary/aromatic N) is 1. The standard InChI is InChI=1S/C9H20N2O/c1-9(4-7-12-8-9)10-5-6-11(2)3/h10H,4-8H2,1-3H3. The van der Waals surface area contributed by atoms with Crippen LogP contribution in [0.5, 0.6) is 0 Å². The first kappa shape index (κ1) is 9.96. The van der Waals surface area contributed by atoms with Crippen molar-refractivity contribution in [3.63, 3.8) is 0 Å². The predicted molar refractivity (Wildman–Crippen MR) is 50.4 cm³/mol. The minimum atomic E-state index is 0.232. The van der Waals surface area contributed by atoms with Crippen molar-refractivity contribution in [1.29, 1.82) is 0 Å². The Morgan fingerprint density at radius 1 is 1.50 bits per heavy atom. The molecule has 0 spiro atoms. The van der Waals surface area contributed by atoms with E-state index < -0.39 is 0 Å². The van der Waals surface area contributed by atoms with Crippen molar-refractivity contribution in [2.24, 2.45) is 0 Å². The van der Waals surface area contributed by atoms with E-state index in [-0.39, 0.29) is 5.54 Å². The van der Waals surface area contributed by atoms with Gasteiger partial charge in [-0.25, -0.2) is 0 Å². The Bertz CT molecular complexity index is 130. The molecule has 1 aliphatic heterocycles. The van der Waals surface area contributed by atoms with Crippen LogP contribution >= 0.6 is 0 Å². The van der Waals surface area contributed by atoms with Crippen LogP contribution in [0, 0.1) is 0 Å². The molecule has 0 aliphatic carbocycles. The summed E-state index contributed by atoms with van der Waals surface area (Å²) in [4.78, 5) is 2.19. The zero-order valence-electron chi connectivity index (χ0n) is 8.39. The van der Waals surface area contributed by atoms with Crippen LogP contribution in [0.1, 0.15) is 13.3 Å². The Balaban J connectivity index is 2.13. The summed E-state index contributed by atoms with van der Waals surface area (Å²) in [5, 5.41) is 3.52. The van der Waals surface area contributed by atoms with Crippen LogP contribution in [0.3, 0.4) is 0 Å². The summed E-state index contributed by atoms with van der Waals surface area (Å²) >= 11 is 0. The van der Waals surface area contributed by atoms with Crippen molar-refractivity contribution >= 4 is 0 Å². The summed E-state index contributed by atoms with van der Waals surface area (Å²) < 4.78 is 5.34. The van der Waals surface area contributed by atoms with Gasteiger partial charge in [0.1, 0.15) is 0 Å². The van der Waals surface area contributed by atoms with Crippen molar-refractivity contribution in [1.82, 2.24) is 10.2 Å². The second-order valence-corrected chi connectivity index (χ2v) is 4.09. The van der Waals surface area contributed by atoms with Crippen molar-refractivity contribution in [3.05, 3.63) is 0 Å². The molecule has 0 saturated carbocycles. The third-order valence-electron chi connectivity index (χ3n) is 2.33. The lowest BCUT2D eigenvalue weighted by Gasteiger charge is -2.24. The highest BCUT2D eigenvalue weighted by Crippen LogP contribution is 2.16. The van der Waals surface area contributed by atoms with Gasteiger partial charge in [-0.05, 0) is 27.4 Å². The number of rotatable bonds is 4. The molecule has 3 nitrogen and oxygen atoms in total. The first-order chi connectivity index (χ1) is 5.62. The van der Waals surface area contributed by atoms with E-state index in [2.05, 4.69) is 31.2 Å². The first-order valence-corrected chi connectivity index (χ1v) is 4.60. The van der Waals surface area contributed by atoms with Gasteiger partial charge in [0.25, 0.3) is 0 Å². The molecule has 0 amide bonds. The van der Waals surface area contributed by atoms with E-state index in [1.807, 2.05) is 0 Å². The van der Waals surface area contributed by atoms with Gasteiger partial charge in [0.05, 0.1) is 6.61 Å². The largest absolute Gasteiger partial charge is 0.379 e. The Hall–Kier alpha value is -0.120. The van der Waals surface area contributed by atoms with Gasteiger partial charge in [0.15, 0.2) is 0 Å². The molecule has 0 bridgehead atoms. The van der Waals surface area contributed by atoms with Crippen molar-refractivity contribution in [3.8, 4) is 0 Å². The fourth-order valence-electron chi connectivity index (χ4n) is 1.39. The Morgan fingerprint density at radius 2 is 2.25 bits per heavy atom. The molecule has 1 aliphatic rings. The normalized spacial score (nSPS) is 30.0. The lowest BCUT2D eigenvalue weighted by molar-refractivity contribution is 0.170. The third-order valence-corrected chi connectivity index (χ3v) is 2.33. The van der Waals surface area contributed by atoms with Crippen LogP contribution in [0.4, 0.5) is 0 Å². The maximum absolute atomic E-state index is 5.34. The quantitative estimate of drug-likeness (QED) is 0.661. The van der Waals surface area contributed by atoms with E-state index in [4.69, 9.17) is 4.74 Å². The molecule has 1 unspecified atom stereocenters.